The van der Waals surface area contributed by atoms with Gasteiger partial charge in [0, 0.05) is 22.7 Å². The van der Waals surface area contributed by atoms with Crippen LogP contribution in [0.15, 0.2) is 75.4 Å². The van der Waals surface area contributed by atoms with Crippen molar-refractivity contribution in [1.82, 2.24) is 10.2 Å². The Kier molecular flexibility index (Phi) is 9.08. The van der Waals surface area contributed by atoms with Crippen LogP contribution in [0.3, 0.4) is 0 Å². The van der Waals surface area contributed by atoms with E-state index in [1.54, 1.807) is 12.1 Å². The third kappa shape index (κ3) is 7.15. The minimum atomic E-state index is -0.528. The second-order valence-electron chi connectivity index (χ2n) is 7.22. The van der Waals surface area contributed by atoms with Gasteiger partial charge in [-0.2, -0.15) is 5.10 Å². The number of thioether (sulfide) groups is 1. The molecule has 0 bridgehead atoms. The first-order chi connectivity index (χ1) is 18.2. The maximum absolute atomic E-state index is 13.2. The average molecular weight is 613 g/mol. The molecule has 0 amide bonds. The first-order valence-electron chi connectivity index (χ1n) is 10.4. The molecule has 0 aliphatic rings. The van der Waals surface area contributed by atoms with Crippen LogP contribution in [0.4, 0.5) is 11.4 Å². The molecule has 15 heteroatoms. The van der Waals surface area contributed by atoms with Crippen LogP contribution in [0.1, 0.15) is 16.2 Å². The molecule has 0 radical (unpaired) electrons. The molecular weight excluding hydrogens is 600 g/mol. The molecule has 3 aromatic carbocycles. The lowest BCUT2D eigenvalue weighted by molar-refractivity contribution is -0.384. The Morgan fingerprint density at radius 3 is 2.45 bits per heavy atom. The lowest BCUT2D eigenvalue weighted by Gasteiger charge is -2.06. The Morgan fingerprint density at radius 1 is 1.00 bits per heavy atom. The Balaban J connectivity index is 1.53. The molecule has 10 nitrogen and oxygen atoms in total. The van der Waals surface area contributed by atoms with Crippen molar-refractivity contribution in [2.24, 2.45) is 5.10 Å². The zero-order chi connectivity index (χ0) is 27.2. The van der Waals surface area contributed by atoms with E-state index in [0.29, 0.717) is 21.5 Å². The molecular formula is C23H13Cl4N5O5S. The molecule has 0 aliphatic heterocycles. The van der Waals surface area contributed by atoms with E-state index in [-0.39, 0.29) is 44.1 Å². The van der Waals surface area contributed by atoms with Gasteiger partial charge in [-0.1, -0.05) is 46.4 Å². The predicted molar refractivity (Wildman–Crippen MR) is 146 cm³/mol. The summed E-state index contributed by atoms with van der Waals surface area (Å²) in [6.07, 6.45) is 0. The van der Waals surface area contributed by atoms with Gasteiger partial charge >= 0.3 is 0 Å². The Morgan fingerprint density at radius 2 is 1.76 bits per heavy atom. The molecule has 194 valence electrons. The second kappa shape index (κ2) is 12.5. The fourth-order valence-corrected chi connectivity index (χ4v) is 4.25. The van der Waals surface area contributed by atoms with E-state index in [0.717, 1.165) is 11.8 Å². The molecule has 4 aromatic rings. The number of anilines is 1. The average Bonchev–Trinajstić information content (AvgIpc) is 3.34. The van der Waals surface area contributed by atoms with Crippen molar-refractivity contribution in [2.75, 3.05) is 5.43 Å². The van der Waals surface area contributed by atoms with Gasteiger partial charge in [-0.15, -0.1) is 10.2 Å². The number of ether oxygens (including phenoxy) is 1. The highest BCUT2D eigenvalue weighted by Gasteiger charge is 2.21. The first-order valence-corrected chi connectivity index (χ1v) is 12.7. The number of benzene rings is 3. The third-order valence-electron chi connectivity index (χ3n) is 4.62. The summed E-state index contributed by atoms with van der Waals surface area (Å²) in [5.41, 5.74) is 3.20. The van der Waals surface area contributed by atoms with E-state index in [4.69, 9.17) is 55.6 Å². The number of hydrogen-bond donors (Lipinski definition) is 1. The minimum absolute atomic E-state index is 0.00321. The van der Waals surface area contributed by atoms with Crippen molar-refractivity contribution >= 4 is 80.4 Å². The minimum Gasteiger partial charge on any atom is -0.482 e. The van der Waals surface area contributed by atoms with Crippen molar-refractivity contribution in [3.63, 3.8) is 0 Å². The van der Waals surface area contributed by atoms with Crippen molar-refractivity contribution in [3.8, 4) is 5.75 Å². The number of aromatic nitrogens is 2. The van der Waals surface area contributed by atoms with Gasteiger partial charge in [0.05, 0.1) is 25.7 Å². The number of nitrogens with one attached hydrogen (secondary N) is 1. The molecule has 1 heterocycles. The zero-order valence-electron chi connectivity index (χ0n) is 18.7. The number of non-ortho nitro benzene ring substituents is 1. The molecule has 0 aliphatic carbocycles. The van der Waals surface area contributed by atoms with Crippen LogP contribution in [0, 0.1) is 10.1 Å². The van der Waals surface area contributed by atoms with Crippen molar-refractivity contribution in [2.45, 2.75) is 11.8 Å². The first kappa shape index (κ1) is 27.7. The van der Waals surface area contributed by atoms with Crippen LogP contribution in [0.5, 0.6) is 5.75 Å². The summed E-state index contributed by atoms with van der Waals surface area (Å²) in [6.45, 7) is -0.0941. The Labute approximate surface area is 239 Å². The number of hydrazone groups is 1. The van der Waals surface area contributed by atoms with E-state index >= 15 is 0 Å². The maximum Gasteiger partial charge on any atom is 0.283 e. The number of hydrogen-bond acceptors (Lipinski definition) is 10. The lowest BCUT2D eigenvalue weighted by atomic mass is 10.1. The van der Waals surface area contributed by atoms with Crippen molar-refractivity contribution in [1.29, 1.82) is 0 Å². The smallest absolute Gasteiger partial charge is 0.283 e. The summed E-state index contributed by atoms with van der Waals surface area (Å²) in [6, 6.07) is 14.6. The normalized spacial score (nSPS) is 11.3. The zero-order valence-corrected chi connectivity index (χ0v) is 22.6. The number of carbonyl (C=O) groups is 1. The molecule has 0 spiro atoms. The molecule has 38 heavy (non-hydrogen) atoms. The van der Waals surface area contributed by atoms with Crippen molar-refractivity contribution < 1.29 is 18.9 Å². The highest BCUT2D eigenvalue weighted by atomic mass is 35.5. The number of halogens is 4. The topological polar surface area (TPSA) is 133 Å². The summed E-state index contributed by atoms with van der Waals surface area (Å²) in [5, 5.41) is 24.0. The summed E-state index contributed by atoms with van der Waals surface area (Å²) in [4.78, 5) is 23.6. The Bertz CT molecular complexity index is 1530. The third-order valence-corrected chi connectivity index (χ3v) is 6.70. The van der Waals surface area contributed by atoms with Gasteiger partial charge in [0.2, 0.25) is 5.78 Å². The highest BCUT2D eigenvalue weighted by molar-refractivity contribution is 8.15. The van der Waals surface area contributed by atoms with E-state index in [2.05, 4.69) is 20.7 Å². The van der Waals surface area contributed by atoms with E-state index in [9.17, 15) is 14.9 Å². The van der Waals surface area contributed by atoms with E-state index in [1.807, 2.05) is 0 Å². The van der Waals surface area contributed by atoms with Crippen LogP contribution in [-0.4, -0.2) is 25.9 Å². The number of carbonyl (C=O) groups excluding carboxylic acids is 1. The molecule has 0 unspecified atom stereocenters. The SMILES string of the molecule is O=C(/C(=N\Nc1ccc([N+](=O)[O-])cc1)Sc1nnc(COc2ccc(Cl)cc2Cl)o1)c1ccc(Cl)c(Cl)c1. The van der Waals surface area contributed by atoms with Gasteiger partial charge in [-0.05, 0) is 60.3 Å². The number of Topliss-reactive ketones (excluding diaryl/α,β-unsaturated/α-hetero) is 1. The summed E-state index contributed by atoms with van der Waals surface area (Å²) in [5.74, 6) is -0.0390. The second-order valence-corrected chi connectivity index (χ2v) is 9.82. The predicted octanol–water partition coefficient (Wildman–Crippen LogP) is 7.57. The van der Waals surface area contributed by atoms with Crippen LogP contribution in [-0.2, 0) is 6.61 Å². The van der Waals surface area contributed by atoms with Crippen LogP contribution in [0.2, 0.25) is 20.1 Å². The molecule has 4 rings (SSSR count). The largest absolute Gasteiger partial charge is 0.482 e. The fourth-order valence-electron chi connectivity index (χ4n) is 2.81. The van der Waals surface area contributed by atoms with Crippen LogP contribution in [0.25, 0.3) is 0 Å². The highest BCUT2D eigenvalue weighted by Crippen LogP contribution is 2.29. The number of rotatable bonds is 9. The van der Waals surface area contributed by atoms with Gasteiger partial charge in [0.1, 0.15) is 5.75 Å². The molecule has 0 fully saturated rings. The van der Waals surface area contributed by atoms with E-state index < -0.39 is 10.7 Å². The summed E-state index contributed by atoms with van der Waals surface area (Å²) < 4.78 is 11.2. The van der Waals surface area contributed by atoms with Gasteiger partial charge in [-0.25, -0.2) is 0 Å². The standard InChI is InChI=1S/C23H13Cl4N5O5S/c24-13-2-8-19(18(27)10-13)36-11-20-29-31-23(37-20)38-22(21(33)12-1-7-16(25)17(26)9-12)30-28-14-3-5-15(6-4-14)32(34)35/h1-10,28H,11H2/b30-22+. The van der Waals surface area contributed by atoms with Gasteiger partial charge < -0.3 is 9.15 Å². The Hall–Kier alpha value is -3.35. The number of nitro benzene ring substituents is 1. The fraction of sp³-hybridized carbons (Fsp3) is 0.0435. The molecule has 1 N–H and O–H groups in total. The van der Waals surface area contributed by atoms with Crippen LogP contribution < -0.4 is 10.2 Å². The number of nitrogens with zero attached hydrogens (tertiary/aromatic N) is 4. The number of ketones is 1. The van der Waals surface area contributed by atoms with Gasteiger partial charge in [0.25, 0.3) is 16.8 Å². The molecule has 0 saturated carbocycles. The molecule has 0 saturated heterocycles. The van der Waals surface area contributed by atoms with Gasteiger partial charge in [0.15, 0.2) is 11.7 Å². The lowest BCUT2D eigenvalue weighted by Crippen LogP contribution is -2.13. The van der Waals surface area contributed by atoms with E-state index in [1.165, 1.54) is 48.5 Å². The van der Waals surface area contributed by atoms with Crippen LogP contribution >= 0.6 is 58.2 Å². The monoisotopic (exact) mass is 611 g/mol. The summed E-state index contributed by atoms with van der Waals surface area (Å²) in [7, 11) is 0. The van der Waals surface area contributed by atoms with Gasteiger partial charge in [-0.3, -0.25) is 20.3 Å². The summed E-state index contributed by atoms with van der Waals surface area (Å²) >= 11 is 24.8. The van der Waals surface area contributed by atoms with Crippen molar-refractivity contribution in [3.05, 3.63) is 102 Å². The maximum atomic E-state index is 13.2. The quantitative estimate of drug-likeness (QED) is 0.0507. The molecule has 0 atom stereocenters. The molecule has 1 aromatic heterocycles. The number of nitro groups is 1.